The van der Waals surface area contributed by atoms with Crippen LogP contribution in [0.15, 0.2) is 18.7 Å². The molecule has 7 heteroatoms. The van der Waals surface area contributed by atoms with Gasteiger partial charge in [-0.15, -0.1) is 0 Å². The lowest BCUT2D eigenvalue weighted by atomic mass is 10.1. The summed E-state index contributed by atoms with van der Waals surface area (Å²) in [5, 5.41) is 7.15. The first-order chi connectivity index (χ1) is 10.6. The van der Waals surface area contributed by atoms with Gasteiger partial charge in [0.15, 0.2) is 0 Å². The first-order valence-electron chi connectivity index (χ1n) is 7.52. The molecular formula is C15H22N6O. The summed E-state index contributed by atoms with van der Waals surface area (Å²) in [7, 11) is 5.53. The number of hydrogen-bond donors (Lipinski definition) is 1. The van der Waals surface area contributed by atoms with Crippen LogP contribution in [0.2, 0.25) is 0 Å². The number of hydrogen-bond acceptors (Lipinski definition) is 4. The molecule has 1 atom stereocenters. The van der Waals surface area contributed by atoms with Crippen LogP contribution in [0.25, 0.3) is 0 Å². The number of carbonyl (C=O) groups is 1. The van der Waals surface area contributed by atoms with Crippen LogP contribution in [-0.2, 0) is 13.6 Å². The number of carbonyl (C=O) groups excluding carboxylic acids is 1. The molecule has 0 bridgehead atoms. The Kier molecular flexibility index (Phi) is 3.98. The van der Waals surface area contributed by atoms with Gasteiger partial charge < -0.3 is 9.47 Å². The van der Waals surface area contributed by atoms with Gasteiger partial charge >= 0.3 is 0 Å². The number of amides is 1. The van der Waals surface area contributed by atoms with E-state index in [1.807, 2.05) is 24.1 Å². The molecule has 118 valence electrons. The molecule has 0 aromatic carbocycles. The monoisotopic (exact) mass is 302 g/mol. The Hall–Kier alpha value is -2.15. The summed E-state index contributed by atoms with van der Waals surface area (Å²) in [6.07, 6.45) is 7.51. The molecule has 3 rings (SSSR count). The topological polar surface area (TPSA) is 70.1 Å². The second-order valence-electron chi connectivity index (χ2n) is 6.02. The fraction of sp³-hybridized carbons (Fsp3) is 0.533. The molecular weight excluding hydrogens is 280 g/mol. The van der Waals surface area contributed by atoms with Crippen molar-refractivity contribution < 1.29 is 4.79 Å². The van der Waals surface area contributed by atoms with Crippen molar-refractivity contribution in [2.75, 3.05) is 20.6 Å². The number of rotatable bonds is 4. The fourth-order valence-corrected chi connectivity index (χ4v) is 3.05. The summed E-state index contributed by atoms with van der Waals surface area (Å²) in [5.41, 5.74) is 2.78. The van der Waals surface area contributed by atoms with Crippen LogP contribution >= 0.6 is 0 Å². The first-order valence-corrected chi connectivity index (χ1v) is 7.52. The molecule has 0 saturated carbocycles. The van der Waals surface area contributed by atoms with Gasteiger partial charge in [0.2, 0.25) is 0 Å². The van der Waals surface area contributed by atoms with Crippen LogP contribution in [0.4, 0.5) is 0 Å². The van der Waals surface area contributed by atoms with E-state index in [-0.39, 0.29) is 11.9 Å². The van der Waals surface area contributed by atoms with Gasteiger partial charge in [0, 0.05) is 33.9 Å². The number of likely N-dealkylation sites (tertiary alicyclic amines) is 1. The van der Waals surface area contributed by atoms with Gasteiger partial charge in [-0.25, -0.2) is 4.98 Å². The molecule has 1 amide bonds. The molecule has 1 saturated heterocycles. The second kappa shape index (κ2) is 5.92. The molecule has 1 unspecified atom stereocenters. The lowest BCUT2D eigenvalue weighted by molar-refractivity contribution is 0.0824. The molecule has 1 aliphatic rings. The standard InChI is InChI=1S/C15H22N6O/c1-19(2)15(22)12-8-17-18-14(12)13-5-4-6-21(13)9-11-7-16-10-20(11)3/h7-8,10,13H,4-6,9H2,1-3H3,(H,17,18). The molecule has 22 heavy (non-hydrogen) atoms. The number of nitrogens with one attached hydrogen (secondary N) is 1. The molecule has 7 nitrogen and oxygen atoms in total. The van der Waals surface area contributed by atoms with E-state index < -0.39 is 0 Å². The number of aryl methyl sites for hydroxylation is 1. The van der Waals surface area contributed by atoms with Gasteiger partial charge in [-0.3, -0.25) is 14.8 Å². The maximum Gasteiger partial charge on any atom is 0.256 e. The average Bonchev–Trinajstić information content (AvgIpc) is 3.20. The molecule has 2 aromatic heterocycles. The van der Waals surface area contributed by atoms with E-state index in [9.17, 15) is 4.79 Å². The SMILES string of the molecule is CN(C)C(=O)c1cn[nH]c1C1CCCN1Cc1cncn1C. The van der Waals surface area contributed by atoms with Crippen molar-refractivity contribution in [1.82, 2.24) is 29.5 Å². The zero-order valence-corrected chi connectivity index (χ0v) is 13.3. The summed E-state index contributed by atoms with van der Waals surface area (Å²) in [4.78, 5) is 20.4. The van der Waals surface area contributed by atoms with Crippen molar-refractivity contribution in [3.8, 4) is 0 Å². The van der Waals surface area contributed by atoms with E-state index >= 15 is 0 Å². The minimum Gasteiger partial charge on any atom is -0.345 e. The first kappa shape index (κ1) is 14.8. The Morgan fingerprint density at radius 2 is 2.27 bits per heavy atom. The lowest BCUT2D eigenvalue weighted by Gasteiger charge is -2.24. The third-order valence-electron chi connectivity index (χ3n) is 4.28. The smallest absolute Gasteiger partial charge is 0.256 e. The molecule has 2 aromatic rings. The minimum absolute atomic E-state index is 0.00358. The van der Waals surface area contributed by atoms with Crippen molar-refractivity contribution in [3.05, 3.63) is 35.7 Å². The third kappa shape index (κ3) is 2.64. The maximum absolute atomic E-state index is 12.3. The summed E-state index contributed by atoms with van der Waals surface area (Å²) in [6, 6.07) is 0.205. The average molecular weight is 302 g/mol. The molecule has 0 radical (unpaired) electrons. The quantitative estimate of drug-likeness (QED) is 0.921. The van der Waals surface area contributed by atoms with Crippen LogP contribution < -0.4 is 0 Å². The number of aromatic nitrogens is 4. The Morgan fingerprint density at radius 3 is 2.95 bits per heavy atom. The maximum atomic E-state index is 12.3. The predicted octanol–water partition coefficient (Wildman–Crippen LogP) is 1.18. The van der Waals surface area contributed by atoms with E-state index in [4.69, 9.17) is 0 Å². The van der Waals surface area contributed by atoms with E-state index in [0.29, 0.717) is 5.56 Å². The van der Waals surface area contributed by atoms with Crippen molar-refractivity contribution in [2.24, 2.45) is 7.05 Å². The zero-order valence-electron chi connectivity index (χ0n) is 13.3. The fourth-order valence-electron chi connectivity index (χ4n) is 3.05. The molecule has 1 N–H and O–H groups in total. The Bertz CT molecular complexity index is 659. The highest BCUT2D eigenvalue weighted by Crippen LogP contribution is 2.33. The second-order valence-corrected chi connectivity index (χ2v) is 6.02. The van der Waals surface area contributed by atoms with Gasteiger partial charge in [-0.1, -0.05) is 0 Å². The number of aromatic amines is 1. The van der Waals surface area contributed by atoms with Gasteiger partial charge in [0.05, 0.1) is 35.5 Å². The van der Waals surface area contributed by atoms with Crippen molar-refractivity contribution in [1.29, 1.82) is 0 Å². The molecule has 1 aliphatic heterocycles. The van der Waals surface area contributed by atoms with Crippen molar-refractivity contribution in [2.45, 2.75) is 25.4 Å². The molecule has 3 heterocycles. The van der Waals surface area contributed by atoms with E-state index in [2.05, 4.69) is 20.1 Å². The van der Waals surface area contributed by atoms with Gasteiger partial charge in [-0.05, 0) is 19.4 Å². The van der Waals surface area contributed by atoms with Gasteiger partial charge in [-0.2, -0.15) is 5.10 Å². The molecule has 1 fully saturated rings. The van der Waals surface area contributed by atoms with Crippen LogP contribution in [0, 0.1) is 0 Å². The van der Waals surface area contributed by atoms with Crippen LogP contribution in [-0.4, -0.2) is 56.1 Å². The normalized spacial score (nSPS) is 18.8. The van der Waals surface area contributed by atoms with E-state index in [0.717, 1.165) is 31.6 Å². The Balaban J connectivity index is 1.83. The minimum atomic E-state index is -0.00358. The highest BCUT2D eigenvalue weighted by molar-refractivity contribution is 5.94. The van der Waals surface area contributed by atoms with Crippen LogP contribution in [0.1, 0.15) is 40.6 Å². The summed E-state index contributed by atoms with van der Waals surface area (Å²) in [5.74, 6) is -0.00358. The van der Waals surface area contributed by atoms with Crippen LogP contribution in [0.3, 0.4) is 0 Å². The predicted molar refractivity (Wildman–Crippen MR) is 82.2 cm³/mol. The Morgan fingerprint density at radius 1 is 1.45 bits per heavy atom. The van der Waals surface area contributed by atoms with Crippen molar-refractivity contribution in [3.63, 3.8) is 0 Å². The lowest BCUT2D eigenvalue weighted by Crippen LogP contribution is -2.27. The highest BCUT2D eigenvalue weighted by atomic mass is 16.2. The zero-order chi connectivity index (χ0) is 15.7. The molecule has 0 aliphatic carbocycles. The summed E-state index contributed by atoms with van der Waals surface area (Å²) in [6.45, 7) is 1.85. The summed E-state index contributed by atoms with van der Waals surface area (Å²) < 4.78 is 2.04. The highest BCUT2D eigenvalue weighted by Gasteiger charge is 2.31. The molecule has 0 spiro atoms. The van der Waals surface area contributed by atoms with Gasteiger partial charge in [0.1, 0.15) is 0 Å². The Labute approximate surface area is 129 Å². The van der Waals surface area contributed by atoms with Crippen LogP contribution in [0.5, 0.6) is 0 Å². The number of H-pyrrole nitrogens is 1. The number of nitrogens with zero attached hydrogens (tertiary/aromatic N) is 5. The largest absolute Gasteiger partial charge is 0.345 e. The third-order valence-corrected chi connectivity index (χ3v) is 4.28. The van der Waals surface area contributed by atoms with E-state index in [1.165, 1.54) is 5.69 Å². The van der Waals surface area contributed by atoms with Crippen molar-refractivity contribution >= 4 is 5.91 Å². The van der Waals surface area contributed by atoms with E-state index in [1.54, 1.807) is 25.2 Å². The summed E-state index contributed by atoms with van der Waals surface area (Å²) >= 11 is 0. The number of imidazole rings is 1. The van der Waals surface area contributed by atoms with Gasteiger partial charge in [0.25, 0.3) is 5.91 Å².